The van der Waals surface area contributed by atoms with E-state index in [0.717, 1.165) is 21.7 Å². The minimum atomic E-state index is 0.358. The van der Waals surface area contributed by atoms with Crippen LogP contribution in [0.25, 0.3) is 0 Å². The molecule has 1 saturated carbocycles. The Hall–Kier alpha value is 0.200. The predicted octanol–water partition coefficient (Wildman–Crippen LogP) is 5.21. The summed E-state index contributed by atoms with van der Waals surface area (Å²) < 4.78 is 1.31. The molecule has 1 fully saturated rings. The monoisotopic (exact) mass is 285 g/mol. The Labute approximate surface area is 116 Å². The minimum absolute atomic E-state index is 0.358. The molecule has 1 nitrogen and oxygen atoms in total. The van der Waals surface area contributed by atoms with E-state index in [-0.39, 0.29) is 0 Å². The SMILES string of the molecule is C[C@H]1CC[C@H]2[C@@H](C1)c1sc(=S)[nH]c1SC2(C)C. The third kappa shape index (κ3) is 2.02. The summed E-state index contributed by atoms with van der Waals surface area (Å²) in [6, 6.07) is 0. The van der Waals surface area contributed by atoms with E-state index in [1.807, 2.05) is 23.1 Å². The smallest absolute Gasteiger partial charge is 0.159 e. The van der Waals surface area contributed by atoms with E-state index in [2.05, 4.69) is 25.8 Å². The van der Waals surface area contributed by atoms with Crippen molar-refractivity contribution < 1.29 is 0 Å². The van der Waals surface area contributed by atoms with Crippen molar-refractivity contribution in [1.82, 2.24) is 4.98 Å². The molecule has 17 heavy (non-hydrogen) atoms. The van der Waals surface area contributed by atoms with Gasteiger partial charge in [-0.3, -0.25) is 0 Å². The summed E-state index contributed by atoms with van der Waals surface area (Å²) in [6.07, 6.45) is 4.14. The fraction of sp³-hybridized carbons (Fsp3) is 0.769. The molecule has 0 spiro atoms. The standard InChI is InChI=1S/C13H19NS3/c1-7-4-5-9-8(6-7)10-11(14-12(15)16-10)17-13(9,2)3/h7-9H,4-6H2,1-3H3,(H,14,15)/t7-,8+,9-/m0/s1. The number of H-pyrrole nitrogens is 1. The van der Waals surface area contributed by atoms with Crippen LogP contribution >= 0.6 is 35.3 Å². The van der Waals surface area contributed by atoms with Gasteiger partial charge < -0.3 is 4.98 Å². The Morgan fingerprint density at radius 1 is 1.35 bits per heavy atom. The lowest BCUT2D eigenvalue weighted by Crippen LogP contribution is -2.39. The van der Waals surface area contributed by atoms with Crippen molar-refractivity contribution in [3.05, 3.63) is 8.83 Å². The molecule has 0 saturated heterocycles. The Bertz CT molecular complexity index is 485. The summed E-state index contributed by atoms with van der Waals surface area (Å²) >= 11 is 9.16. The van der Waals surface area contributed by atoms with Gasteiger partial charge in [-0.15, -0.1) is 23.1 Å². The average molecular weight is 286 g/mol. The molecule has 1 aliphatic heterocycles. The highest BCUT2D eigenvalue weighted by atomic mass is 32.2. The number of aromatic nitrogens is 1. The molecule has 1 aromatic heterocycles. The molecule has 0 bridgehead atoms. The summed E-state index contributed by atoms with van der Waals surface area (Å²) in [6.45, 7) is 7.21. The van der Waals surface area contributed by atoms with E-state index in [1.54, 1.807) is 4.88 Å². The minimum Gasteiger partial charge on any atom is -0.332 e. The number of thiazole rings is 1. The van der Waals surface area contributed by atoms with Crippen LogP contribution in [0, 0.1) is 15.8 Å². The van der Waals surface area contributed by atoms with E-state index < -0.39 is 0 Å². The maximum Gasteiger partial charge on any atom is 0.159 e. The van der Waals surface area contributed by atoms with Crippen molar-refractivity contribution in [1.29, 1.82) is 0 Å². The molecule has 4 heteroatoms. The highest BCUT2D eigenvalue weighted by Crippen LogP contribution is 2.58. The van der Waals surface area contributed by atoms with E-state index >= 15 is 0 Å². The molecule has 3 rings (SSSR count). The number of rotatable bonds is 0. The molecule has 94 valence electrons. The second-order valence-electron chi connectivity index (χ2n) is 6.04. The number of thioether (sulfide) groups is 1. The number of hydrogen-bond acceptors (Lipinski definition) is 3. The van der Waals surface area contributed by atoms with Crippen molar-refractivity contribution in [2.75, 3.05) is 0 Å². The van der Waals surface area contributed by atoms with Crippen molar-refractivity contribution in [3.63, 3.8) is 0 Å². The zero-order valence-corrected chi connectivity index (χ0v) is 13.0. The molecular weight excluding hydrogens is 266 g/mol. The molecule has 1 aliphatic carbocycles. The fourth-order valence-electron chi connectivity index (χ4n) is 3.49. The van der Waals surface area contributed by atoms with Crippen LogP contribution in [-0.2, 0) is 0 Å². The highest BCUT2D eigenvalue weighted by Gasteiger charge is 2.45. The van der Waals surface area contributed by atoms with Gasteiger partial charge in [-0.25, -0.2) is 0 Å². The summed E-state index contributed by atoms with van der Waals surface area (Å²) in [4.78, 5) is 4.95. The number of aromatic amines is 1. The van der Waals surface area contributed by atoms with Crippen molar-refractivity contribution in [3.8, 4) is 0 Å². The Balaban J connectivity index is 2.07. The van der Waals surface area contributed by atoms with Crippen LogP contribution in [0.15, 0.2) is 5.03 Å². The second kappa shape index (κ2) is 4.10. The van der Waals surface area contributed by atoms with Crippen LogP contribution in [-0.4, -0.2) is 9.73 Å². The van der Waals surface area contributed by atoms with Gasteiger partial charge in [0.2, 0.25) is 0 Å². The Morgan fingerprint density at radius 2 is 2.12 bits per heavy atom. The first kappa shape index (κ1) is 12.2. The third-order valence-electron chi connectivity index (χ3n) is 4.35. The van der Waals surface area contributed by atoms with Crippen molar-refractivity contribution in [2.24, 2.45) is 11.8 Å². The average Bonchev–Trinajstić information content (AvgIpc) is 2.57. The van der Waals surface area contributed by atoms with E-state index in [0.29, 0.717) is 4.75 Å². The van der Waals surface area contributed by atoms with E-state index in [1.165, 1.54) is 24.3 Å². The first-order valence-corrected chi connectivity index (χ1v) is 8.43. The zero-order chi connectivity index (χ0) is 12.2. The van der Waals surface area contributed by atoms with Crippen LogP contribution in [0.4, 0.5) is 0 Å². The molecule has 1 aromatic rings. The van der Waals surface area contributed by atoms with Gasteiger partial charge in [0.25, 0.3) is 0 Å². The lowest BCUT2D eigenvalue weighted by molar-refractivity contribution is 0.210. The van der Waals surface area contributed by atoms with Gasteiger partial charge in [-0.2, -0.15) is 0 Å². The topological polar surface area (TPSA) is 15.8 Å². The van der Waals surface area contributed by atoms with E-state index in [9.17, 15) is 0 Å². The van der Waals surface area contributed by atoms with Crippen LogP contribution in [0.1, 0.15) is 50.8 Å². The van der Waals surface area contributed by atoms with Gasteiger partial charge >= 0.3 is 0 Å². The Morgan fingerprint density at radius 3 is 2.88 bits per heavy atom. The third-order valence-corrected chi connectivity index (χ3v) is 7.20. The van der Waals surface area contributed by atoms with Crippen LogP contribution in [0.2, 0.25) is 0 Å². The molecule has 0 radical (unpaired) electrons. The summed E-state index contributed by atoms with van der Waals surface area (Å²) in [5.74, 6) is 2.46. The maximum atomic E-state index is 5.33. The van der Waals surface area contributed by atoms with Gasteiger partial charge in [-0.05, 0) is 36.9 Å². The Kier molecular flexibility index (Phi) is 2.96. The first-order valence-electron chi connectivity index (χ1n) is 6.39. The van der Waals surface area contributed by atoms with Crippen molar-refractivity contribution in [2.45, 2.75) is 55.7 Å². The number of fused-ring (bicyclic) bond motifs is 3. The van der Waals surface area contributed by atoms with Gasteiger partial charge in [0.15, 0.2) is 3.95 Å². The predicted molar refractivity (Wildman–Crippen MR) is 78.7 cm³/mol. The lowest BCUT2D eigenvalue weighted by Gasteiger charge is -2.46. The molecule has 2 aliphatic rings. The summed E-state index contributed by atoms with van der Waals surface area (Å²) in [5.41, 5.74) is 0. The maximum absolute atomic E-state index is 5.33. The number of hydrogen-bond donors (Lipinski definition) is 1. The number of nitrogens with one attached hydrogen (secondary N) is 1. The van der Waals surface area contributed by atoms with Crippen molar-refractivity contribution >= 4 is 35.3 Å². The first-order chi connectivity index (χ1) is 7.97. The molecule has 3 atom stereocenters. The van der Waals surface area contributed by atoms with Crippen LogP contribution in [0.3, 0.4) is 0 Å². The van der Waals surface area contributed by atoms with Gasteiger partial charge in [0.1, 0.15) is 0 Å². The second-order valence-corrected chi connectivity index (χ2v) is 9.43. The molecule has 2 heterocycles. The fourth-order valence-corrected chi connectivity index (χ4v) is 6.51. The normalized spacial score (nSPS) is 35.1. The molecule has 0 aromatic carbocycles. The van der Waals surface area contributed by atoms with Crippen LogP contribution in [0.5, 0.6) is 0 Å². The summed E-state index contributed by atoms with van der Waals surface area (Å²) in [7, 11) is 0. The summed E-state index contributed by atoms with van der Waals surface area (Å²) in [5, 5.41) is 1.36. The molecule has 1 N–H and O–H groups in total. The quantitative estimate of drug-likeness (QED) is 0.658. The van der Waals surface area contributed by atoms with Gasteiger partial charge in [0.05, 0.1) is 5.03 Å². The lowest BCUT2D eigenvalue weighted by atomic mass is 9.69. The highest BCUT2D eigenvalue weighted by molar-refractivity contribution is 8.00. The largest absolute Gasteiger partial charge is 0.332 e. The van der Waals surface area contributed by atoms with Crippen LogP contribution < -0.4 is 0 Å². The van der Waals surface area contributed by atoms with Gasteiger partial charge in [-0.1, -0.05) is 27.2 Å². The molecular formula is C13H19NS3. The van der Waals surface area contributed by atoms with Gasteiger partial charge in [0, 0.05) is 15.5 Å². The molecule has 0 unspecified atom stereocenters. The van der Waals surface area contributed by atoms with E-state index in [4.69, 9.17) is 12.2 Å². The zero-order valence-electron chi connectivity index (χ0n) is 10.6. The molecule has 0 amide bonds.